The molecule has 3 nitrogen and oxygen atoms in total. The molecule has 1 N–H and O–H groups in total. The molecule has 1 heterocycles. The fourth-order valence-corrected chi connectivity index (χ4v) is 2.18. The van der Waals surface area contributed by atoms with Crippen molar-refractivity contribution in [1.29, 1.82) is 0 Å². The number of halogens is 1. The van der Waals surface area contributed by atoms with Crippen molar-refractivity contribution in [2.75, 3.05) is 14.1 Å². The molecule has 0 aromatic carbocycles. The lowest BCUT2D eigenvalue weighted by Crippen LogP contribution is -2.46. The van der Waals surface area contributed by atoms with Gasteiger partial charge in [0.2, 0.25) is 5.91 Å². The molecule has 0 fully saturated rings. The summed E-state index contributed by atoms with van der Waals surface area (Å²) in [5.74, 6) is 0.443. The van der Waals surface area contributed by atoms with Crippen LogP contribution in [0.15, 0.2) is 16.8 Å². The second-order valence-corrected chi connectivity index (χ2v) is 5.25. The van der Waals surface area contributed by atoms with Crippen LogP contribution in [0, 0.1) is 5.92 Å². The van der Waals surface area contributed by atoms with Crippen LogP contribution < -0.4 is 5.32 Å². The quantitative estimate of drug-likeness (QED) is 0.896. The zero-order valence-corrected chi connectivity index (χ0v) is 12.4. The first-order valence-corrected chi connectivity index (χ1v) is 6.42. The zero-order chi connectivity index (χ0) is 12.1. The molecule has 1 aromatic rings. The van der Waals surface area contributed by atoms with Crippen LogP contribution in [0.25, 0.3) is 0 Å². The lowest BCUT2D eigenvalue weighted by Gasteiger charge is -2.24. The number of hydrogen-bond acceptors (Lipinski definition) is 3. The SMILES string of the molecule is CC(C)C(NCc1ccsc1)C(=O)N(C)C.Cl. The third-order valence-electron chi connectivity index (χ3n) is 2.48. The monoisotopic (exact) mass is 276 g/mol. The molecule has 17 heavy (non-hydrogen) atoms. The summed E-state index contributed by atoms with van der Waals surface area (Å²) >= 11 is 1.68. The van der Waals surface area contributed by atoms with Gasteiger partial charge in [-0.05, 0) is 28.3 Å². The van der Waals surface area contributed by atoms with Crippen LogP contribution in [0.5, 0.6) is 0 Å². The molecule has 0 bridgehead atoms. The Labute approximate surface area is 114 Å². The molecule has 0 aliphatic heterocycles. The van der Waals surface area contributed by atoms with Gasteiger partial charge in [0.05, 0.1) is 6.04 Å². The minimum atomic E-state index is -0.102. The van der Waals surface area contributed by atoms with Gasteiger partial charge in [-0.3, -0.25) is 4.79 Å². The van der Waals surface area contributed by atoms with Gasteiger partial charge in [-0.1, -0.05) is 13.8 Å². The molecule has 0 spiro atoms. The first-order valence-electron chi connectivity index (χ1n) is 5.48. The molecule has 1 aromatic heterocycles. The summed E-state index contributed by atoms with van der Waals surface area (Å²) in [6.45, 7) is 4.88. The van der Waals surface area contributed by atoms with E-state index >= 15 is 0 Å². The number of carbonyl (C=O) groups is 1. The Kier molecular flexibility index (Phi) is 7.43. The summed E-state index contributed by atoms with van der Waals surface area (Å²) in [6, 6.07) is 1.98. The molecule has 0 saturated carbocycles. The van der Waals surface area contributed by atoms with Crippen LogP contribution in [0.4, 0.5) is 0 Å². The second-order valence-electron chi connectivity index (χ2n) is 4.47. The predicted molar refractivity (Wildman–Crippen MR) is 75.7 cm³/mol. The van der Waals surface area contributed by atoms with Gasteiger partial charge in [0.25, 0.3) is 0 Å². The van der Waals surface area contributed by atoms with E-state index in [9.17, 15) is 4.79 Å². The lowest BCUT2D eigenvalue weighted by atomic mass is 10.0. The highest BCUT2D eigenvalue weighted by Crippen LogP contribution is 2.09. The van der Waals surface area contributed by atoms with Crippen LogP contribution >= 0.6 is 23.7 Å². The summed E-state index contributed by atoms with van der Waals surface area (Å²) in [6.07, 6.45) is 0. The van der Waals surface area contributed by atoms with E-state index in [1.165, 1.54) is 5.56 Å². The standard InChI is InChI=1S/C12H20N2OS.ClH/c1-9(2)11(12(15)14(3)4)13-7-10-5-6-16-8-10;/h5-6,8-9,11,13H,7H2,1-4H3;1H. The largest absolute Gasteiger partial charge is 0.347 e. The van der Waals surface area contributed by atoms with Gasteiger partial charge in [-0.2, -0.15) is 11.3 Å². The maximum atomic E-state index is 11.9. The van der Waals surface area contributed by atoms with Gasteiger partial charge in [-0.15, -0.1) is 12.4 Å². The van der Waals surface area contributed by atoms with Gasteiger partial charge in [0.1, 0.15) is 0 Å². The third-order valence-corrected chi connectivity index (χ3v) is 3.21. The molecule has 0 saturated heterocycles. The van der Waals surface area contributed by atoms with Crippen molar-refractivity contribution in [1.82, 2.24) is 10.2 Å². The summed E-state index contributed by atoms with van der Waals surface area (Å²) in [7, 11) is 3.59. The number of nitrogens with one attached hydrogen (secondary N) is 1. The van der Waals surface area contributed by atoms with E-state index < -0.39 is 0 Å². The van der Waals surface area contributed by atoms with Crippen LogP contribution in [0.3, 0.4) is 0 Å². The number of carbonyl (C=O) groups excluding carboxylic acids is 1. The average molecular weight is 277 g/mol. The normalized spacial score (nSPS) is 12.1. The molecule has 1 atom stereocenters. The Hall–Kier alpha value is -0.580. The fraction of sp³-hybridized carbons (Fsp3) is 0.583. The maximum Gasteiger partial charge on any atom is 0.239 e. The zero-order valence-electron chi connectivity index (χ0n) is 10.8. The van der Waals surface area contributed by atoms with Crippen molar-refractivity contribution in [2.45, 2.75) is 26.4 Å². The van der Waals surface area contributed by atoms with Gasteiger partial charge in [-0.25, -0.2) is 0 Å². The van der Waals surface area contributed by atoms with Crippen molar-refractivity contribution < 1.29 is 4.79 Å². The molecule has 0 aliphatic carbocycles. The predicted octanol–water partition coefficient (Wildman–Crippen LogP) is 2.37. The number of rotatable bonds is 5. The summed E-state index contributed by atoms with van der Waals surface area (Å²) in [5.41, 5.74) is 1.24. The van der Waals surface area contributed by atoms with Crippen molar-refractivity contribution in [3.8, 4) is 0 Å². The highest BCUT2D eigenvalue weighted by atomic mass is 35.5. The van der Waals surface area contributed by atoms with Gasteiger partial charge >= 0.3 is 0 Å². The van der Waals surface area contributed by atoms with Gasteiger partial charge in [0.15, 0.2) is 0 Å². The minimum absolute atomic E-state index is 0. The van der Waals surface area contributed by atoms with E-state index in [-0.39, 0.29) is 24.4 Å². The van der Waals surface area contributed by atoms with E-state index in [1.807, 2.05) is 0 Å². The van der Waals surface area contributed by atoms with Crippen molar-refractivity contribution in [3.05, 3.63) is 22.4 Å². The Balaban J connectivity index is 0.00000256. The maximum absolute atomic E-state index is 11.9. The summed E-state index contributed by atoms with van der Waals surface area (Å²) in [5, 5.41) is 7.47. The van der Waals surface area contributed by atoms with E-state index in [2.05, 4.69) is 36.0 Å². The minimum Gasteiger partial charge on any atom is -0.347 e. The summed E-state index contributed by atoms with van der Waals surface area (Å²) in [4.78, 5) is 13.6. The molecule has 5 heteroatoms. The number of hydrogen-bond donors (Lipinski definition) is 1. The van der Waals surface area contributed by atoms with Crippen molar-refractivity contribution in [2.24, 2.45) is 5.92 Å². The van der Waals surface area contributed by atoms with Crippen LogP contribution in [0.2, 0.25) is 0 Å². The highest BCUT2D eigenvalue weighted by molar-refractivity contribution is 7.07. The molecule has 0 aliphatic rings. The molecular formula is C12H21ClN2OS. The van der Waals surface area contributed by atoms with E-state index in [0.29, 0.717) is 5.92 Å². The Morgan fingerprint density at radius 3 is 2.53 bits per heavy atom. The number of likely N-dealkylation sites (N-methyl/N-ethyl adjacent to an activating group) is 1. The summed E-state index contributed by atoms with van der Waals surface area (Å²) < 4.78 is 0. The van der Waals surface area contributed by atoms with E-state index in [1.54, 1.807) is 30.3 Å². The fourth-order valence-electron chi connectivity index (χ4n) is 1.51. The third kappa shape index (κ3) is 5.06. The Bertz CT molecular complexity index is 325. The highest BCUT2D eigenvalue weighted by Gasteiger charge is 2.22. The van der Waals surface area contributed by atoms with Crippen LogP contribution in [-0.4, -0.2) is 30.9 Å². The first kappa shape index (κ1) is 16.4. The number of amides is 1. The van der Waals surface area contributed by atoms with Gasteiger partial charge < -0.3 is 10.2 Å². The number of nitrogens with zero attached hydrogens (tertiary/aromatic N) is 1. The van der Waals surface area contributed by atoms with Crippen molar-refractivity contribution >= 4 is 29.7 Å². The molecule has 1 unspecified atom stereocenters. The Morgan fingerprint density at radius 1 is 1.47 bits per heavy atom. The Morgan fingerprint density at radius 2 is 2.12 bits per heavy atom. The molecule has 0 radical (unpaired) electrons. The molecule has 1 amide bonds. The van der Waals surface area contributed by atoms with Crippen molar-refractivity contribution in [3.63, 3.8) is 0 Å². The lowest BCUT2D eigenvalue weighted by molar-refractivity contribution is -0.132. The van der Waals surface area contributed by atoms with E-state index in [0.717, 1.165) is 6.54 Å². The van der Waals surface area contributed by atoms with E-state index in [4.69, 9.17) is 0 Å². The van der Waals surface area contributed by atoms with Gasteiger partial charge in [0, 0.05) is 20.6 Å². The van der Waals surface area contributed by atoms with Crippen LogP contribution in [-0.2, 0) is 11.3 Å². The number of thiophene rings is 1. The molecular weight excluding hydrogens is 256 g/mol. The van der Waals surface area contributed by atoms with Crippen LogP contribution in [0.1, 0.15) is 19.4 Å². The second kappa shape index (κ2) is 7.69. The topological polar surface area (TPSA) is 32.3 Å². The first-order chi connectivity index (χ1) is 7.52. The molecule has 98 valence electrons. The smallest absolute Gasteiger partial charge is 0.239 e. The average Bonchev–Trinajstić information content (AvgIpc) is 2.69. The molecule has 1 rings (SSSR count).